The van der Waals surface area contributed by atoms with E-state index in [4.69, 9.17) is 4.74 Å². The molecule has 160 valence electrons. The number of allylic oxidation sites excluding steroid dienone is 1. The first kappa shape index (κ1) is 26.3. The second kappa shape index (κ2) is 15.3. The van der Waals surface area contributed by atoms with E-state index >= 15 is 0 Å². The Balaban J connectivity index is 4.58. The van der Waals surface area contributed by atoms with Gasteiger partial charge in [0.2, 0.25) is 0 Å². The molecule has 0 heterocycles. The number of nitrogens with zero attached hydrogens (tertiary/aromatic N) is 3. The maximum absolute atomic E-state index is 6.39. The van der Waals surface area contributed by atoms with Crippen LogP contribution >= 0.6 is 0 Å². The molecule has 0 amide bonds. The maximum atomic E-state index is 6.39. The molecule has 0 saturated heterocycles. The van der Waals surface area contributed by atoms with E-state index < -0.39 is 0 Å². The monoisotopic (exact) mass is 381 g/mol. The molecule has 0 bridgehead atoms. The summed E-state index contributed by atoms with van der Waals surface area (Å²) in [6.45, 7) is 20.2. The summed E-state index contributed by atoms with van der Waals surface area (Å²) in [5.41, 5.74) is 2.42. The fraction of sp³-hybridized carbons (Fsp3) is 0.826. The Bertz CT molecular complexity index is 392. The molecule has 0 aromatic rings. The third kappa shape index (κ3) is 15.0. The number of ether oxygens (including phenoxy) is 1. The Kier molecular flexibility index (Phi) is 14.9. The summed E-state index contributed by atoms with van der Waals surface area (Å²) < 4.78 is 6.39. The lowest BCUT2D eigenvalue weighted by Gasteiger charge is -2.29. The van der Waals surface area contributed by atoms with Gasteiger partial charge in [-0.1, -0.05) is 31.2 Å². The number of hydrogen-bond acceptors (Lipinski definition) is 4. The van der Waals surface area contributed by atoms with E-state index in [1.54, 1.807) is 0 Å². The van der Waals surface area contributed by atoms with Gasteiger partial charge in [-0.25, -0.2) is 0 Å². The van der Waals surface area contributed by atoms with Crippen LogP contribution in [0.1, 0.15) is 52.9 Å². The van der Waals surface area contributed by atoms with E-state index in [0.29, 0.717) is 0 Å². The molecule has 0 N–H and O–H groups in total. The highest BCUT2D eigenvalue weighted by Crippen LogP contribution is 2.18. The minimum absolute atomic E-state index is 0.133. The summed E-state index contributed by atoms with van der Waals surface area (Å²) in [5, 5.41) is 0. The minimum Gasteiger partial charge on any atom is -0.370 e. The van der Waals surface area contributed by atoms with Crippen LogP contribution in [0, 0.1) is 0 Å². The van der Waals surface area contributed by atoms with Gasteiger partial charge < -0.3 is 19.4 Å². The molecule has 0 fully saturated rings. The largest absolute Gasteiger partial charge is 0.370 e. The zero-order chi connectivity index (χ0) is 20.8. The van der Waals surface area contributed by atoms with Crippen molar-refractivity contribution in [2.75, 3.05) is 60.9 Å². The van der Waals surface area contributed by atoms with Crippen molar-refractivity contribution in [2.45, 2.75) is 65.1 Å². The first-order valence-electron chi connectivity index (χ1n) is 10.6. The minimum atomic E-state index is 0.133. The van der Waals surface area contributed by atoms with Crippen LogP contribution < -0.4 is 0 Å². The summed E-state index contributed by atoms with van der Waals surface area (Å²) >= 11 is 0. The Morgan fingerprint density at radius 3 is 1.85 bits per heavy atom. The first-order valence-corrected chi connectivity index (χ1v) is 10.6. The van der Waals surface area contributed by atoms with Crippen LogP contribution in [0.25, 0.3) is 0 Å². The van der Waals surface area contributed by atoms with Gasteiger partial charge in [0.05, 0.1) is 12.2 Å². The van der Waals surface area contributed by atoms with Crippen LogP contribution in [0.2, 0.25) is 0 Å². The molecule has 0 radical (unpaired) electrons. The summed E-state index contributed by atoms with van der Waals surface area (Å²) in [4.78, 5) is 7.09. The smallest absolute Gasteiger partial charge is 0.0787 e. The Labute approximate surface area is 170 Å². The molecule has 4 nitrogen and oxygen atoms in total. The predicted molar refractivity (Wildman–Crippen MR) is 121 cm³/mol. The average molecular weight is 382 g/mol. The molecule has 27 heavy (non-hydrogen) atoms. The fourth-order valence-corrected chi connectivity index (χ4v) is 3.15. The lowest BCUT2D eigenvalue weighted by molar-refractivity contribution is -0.00574. The Morgan fingerprint density at radius 1 is 0.926 bits per heavy atom. The van der Waals surface area contributed by atoms with Crippen molar-refractivity contribution in [1.29, 1.82) is 0 Å². The van der Waals surface area contributed by atoms with Crippen molar-refractivity contribution in [3.63, 3.8) is 0 Å². The van der Waals surface area contributed by atoms with Crippen molar-refractivity contribution in [2.24, 2.45) is 0 Å². The highest BCUT2D eigenvalue weighted by Gasteiger charge is 2.17. The molecule has 0 aliphatic rings. The standard InChI is InChI=1S/C23H47N3O/c1-10-21(4)13-14-23(20(2)3)27-22(5)19-26(17-11-15-24(6)7)18-12-16-25(8)9/h22-23H,2,4,10-19H2,1,3,5-9H3. The number of hydrogen-bond donors (Lipinski definition) is 0. The van der Waals surface area contributed by atoms with E-state index in [1.165, 1.54) is 18.4 Å². The second-order valence-electron chi connectivity index (χ2n) is 8.54. The third-order valence-electron chi connectivity index (χ3n) is 4.88. The van der Waals surface area contributed by atoms with E-state index in [9.17, 15) is 0 Å². The Hall–Kier alpha value is -0.680. The van der Waals surface area contributed by atoms with Gasteiger partial charge in [-0.15, -0.1) is 0 Å². The zero-order valence-corrected chi connectivity index (χ0v) is 19.4. The molecular formula is C23H47N3O. The van der Waals surface area contributed by atoms with Gasteiger partial charge in [-0.2, -0.15) is 0 Å². The highest BCUT2D eigenvalue weighted by molar-refractivity contribution is 5.02. The van der Waals surface area contributed by atoms with Crippen molar-refractivity contribution < 1.29 is 4.74 Å². The molecule has 0 aromatic heterocycles. The van der Waals surface area contributed by atoms with Gasteiger partial charge in [-0.3, -0.25) is 0 Å². The summed E-state index contributed by atoms with van der Waals surface area (Å²) in [5.74, 6) is 0. The Morgan fingerprint density at radius 2 is 1.44 bits per heavy atom. The second-order valence-corrected chi connectivity index (χ2v) is 8.54. The molecule has 0 saturated carbocycles. The van der Waals surface area contributed by atoms with E-state index in [0.717, 1.165) is 57.6 Å². The summed E-state index contributed by atoms with van der Waals surface area (Å²) in [7, 11) is 8.57. The quantitative estimate of drug-likeness (QED) is 0.350. The van der Waals surface area contributed by atoms with Gasteiger partial charge in [-0.05, 0) is 100 Å². The molecule has 0 spiro atoms. The lowest BCUT2D eigenvalue weighted by atomic mass is 10.0. The van der Waals surface area contributed by atoms with Crippen LogP contribution in [-0.4, -0.2) is 87.8 Å². The predicted octanol–water partition coefficient (Wildman–Crippen LogP) is 4.29. The zero-order valence-electron chi connectivity index (χ0n) is 19.4. The van der Waals surface area contributed by atoms with Gasteiger partial charge in [0.25, 0.3) is 0 Å². The molecule has 0 aromatic carbocycles. The van der Waals surface area contributed by atoms with Crippen LogP contribution in [-0.2, 0) is 4.74 Å². The lowest BCUT2D eigenvalue weighted by Crippen LogP contribution is -2.37. The number of rotatable bonds is 17. The van der Waals surface area contributed by atoms with E-state index in [1.807, 2.05) is 0 Å². The average Bonchev–Trinajstić information content (AvgIpc) is 2.56. The third-order valence-corrected chi connectivity index (χ3v) is 4.88. The topological polar surface area (TPSA) is 19.0 Å². The van der Waals surface area contributed by atoms with Gasteiger partial charge >= 0.3 is 0 Å². The van der Waals surface area contributed by atoms with Crippen LogP contribution in [0.4, 0.5) is 0 Å². The summed E-state index contributed by atoms with van der Waals surface area (Å²) in [6.07, 6.45) is 5.80. The van der Waals surface area contributed by atoms with Gasteiger partial charge in [0.1, 0.15) is 0 Å². The van der Waals surface area contributed by atoms with Crippen LogP contribution in [0.5, 0.6) is 0 Å². The maximum Gasteiger partial charge on any atom is 0.0787 e. The van der Waals surface area contributed by atoms with Gasteiger partial charge in [0.15, 0.2) is 0 Å². The molecule has 4 heteroatoms. The van der Waals surface area contributed by atoms with Crippen LogP contribution in [0.3, 0.4) is 0 Å². The highest BCUT2D eigenvalue weighted by atomic mass is 16.5. The molecular weight excluding hydrogens is 334 g/mol. The van der Waals surface area contributed by atoms with E-state index in [2.05, 4.69) is 76.8 Å². The molecule has 2 atom stereocenters. The molecule has 0 aliphatic heterocycles. The van der Waals surface area contributed by atoms with Crippen molar-refractivity contribution in [3.05, 3.63) is 24.3 Å². The summed E-state index contributed by atoms with van der Waals surface area (Å²) in [6, 6.07) is 0. The SMILES string of the molecule is C=C(CC)CCC(OC(C)CN(CCCN(C)C)CCCN(C)C)C(=C)C. The van der Waals surface area contributed by atoms with Gasteiger partial charge in [0, 0.05) is 6.54 Å². The van der Waals surface area contributed by atoms with Crippen molar-refractivity contribution in [1.82, 2.24) is 14.7 Å². The van der Waals surface area contributed by atoms with Crippen molar-refractivity contribution in [3.8, 4) is 0 Å². The normalized spacial score (nSPS) is 14.1. The van der Waals surface area contributed by atoms with Crippen LogP contribution in [0.15, 0.2) is 24.3 Å². The van der Waals surface area contributed by atoms with E-state index in [-0.39, 0.29) is 12.2 Å². The molecule has 0 rings (SSSR count). The molecule has 0 aliphatic carbocycles. The molecule has 2 unspecified atom stereocenters. The fourth-order valence-electron chi connectivity index (χ4n) is 3.15. The first-order chi connectivity index (χ1) is 12.6. The van der Waals surface area contributed by atoms with Crippen molar-refractivity contribution >= 4 is 0 Å².